The second kappa shape index (κ2) is 13.4. The first-order valence-corrected chi connectivity index (χ1v) is 13.4. The molecule has 0 saturated carbocycles. The van der Waals surface area contributed by atoms with Crippen molar-refractivity contribution in [2.75, 3.05) is 12.3 Å². The molecule has 0 aliphatic heterocycles. The molecule has 178 valence electrons. The second-order valence-electron chi connectivity index (χ2n) is 8.17. The van der Waals surface area contributed by atoms with Gasteiger partial charge in [-0.25, -0.2) is 0 Å². The molecule has 0 saturated heterocycles. The van der Waals surface area contributed by atoms with Crippen LogP contribution in [0.1, 0.15) is 29.2 Å². The number of amides is 2. The van der Waals surface area contributed by atoms with Crippen LogP contribution in [-0.4, -0.2) is 35.1 Å². The normalized spacial score (nSPS) is 11.6. The molecule has 0 unspecified atom stereocenters. The number of hydrogen-bond acceptors (Lipinski definition) is 3. The SMILES string of the molecule is CCNC(=O)[C@@H](Cc1ccccc1)N(Cc1cccc(Br)c1)C(=O)CSCc1ccccc1C. The Morgan fingerprint density at radius 1 is 0.971 bits per heavy atom. The minimum absolute atomic E-state index is 0.0363. The van der Waals surface area contributed by atoms with Gasteiger partial charge in [-0.15, -0.1) is 11.8 Å². The van der Waals surface area contributed by atoms with E-state index in [9.17, 15) is 9.59 Å². The number of halogens is 1. The summed E-state index contributed by atoms with van der Waals surface area (Å²) in [5.41, 5.74) is 4.45. The van der Waals surface area contributed by atoms with Gasteiger partial charge in [-0.1, -0.05) is 82.7 Å². The molecule has 6 heteroatoms. The van der Waals surface area contributed by atoms with Gasteiger partial charge in [0.1, 0.15) is 6.04 Å². The Morgan fingerprint density at radius 3 is 2.38 bits per heavy atom. The smallest absolute Gasteiger partial charge is 0.243 e. The standard InChI is InChI=1S/C28H31BrN2O2S/c1-3-30-28(33)26(17-22-11-5-4-6-12-22)31(18-23-13-9-15-25(29)16-23)27(32)20-34-19-24-14-8-7-10-21(24)2/h4-16,26H,3,17-20H2,1-2H3,(H,30,33)/t26-/m1/s1. The number of hydrogen-bond donors (Lipinski definition) is 1. The van der Waals surface area contributed by atoms with Crippen LogP contribution in [0.2, 0.25) is 0 Å². The maximum absolute atomic E-state index is 13.6. The third-order valence-corrected chi connectivity index (χ3v) is 7.07. The van der Waals surface area contributed by atoms with Gasteiger partial charge in [-0.05, 0) is 48.2 Å². The Morgan fingerprint density at radius 2 is 1.68 bits per heavy atom. The molecule has 0 aliphatic carbocycles. The molecule has 0 fully saturated rings. The van der Waals surface area contributed by atoms with Crippen molar-refractivity contribution < 1.29 is 9.59 Å². The van der Waals surface area contributed by atoms with Crippen molar-refractivity contribution in [2.45, 2.75) is 38.6 Å². The average molecular weight is 540 g/mol. The lowest BCUT2D eigenvalue weighted by Crippen LogP contribution is -2.51. The lowest BCUT2D eigenvalue weighted by Gasteiger charge is -2.31. The van der Waals surface area contributed by atoms with Crippen molar-refractivity contribution in [1.82, 2.24) is 10.2 Å². The van der Waals surface area contributed by atoms with Crippen molar-refractivity contribution in [3.63, 3.8) is 0 Å². The van der Waals surface area contributed by atoms with E-state index < -0.39 is 6.04 Å². The molecule has 1 atom stereocenters. The van der Waals surface area contributed by atoms with Gasteiger partial charge in [0.05, 0.1) is 5.75 Å². The van der Waals surface area contributed by atoms with Gasteiger partial charge in [0.15, 0.2) is 0 Å². The van der Waals surface area contributed by atoms with Crippen molar-refractivity contribution >= 4 is 39.5 Å². The van der Waals surface area contributed by atoms with Gasteiger partial charge >= 0.3 is 0 Å². The summed E-state index contributed by atoms with van der Waals surface area (Å²) < 4.78 is 0.948. The summed E-state index contributed by atoms with van der Waals surface area (Å²) in [6, 6.07) is 25.4. The molecule has 34 heavy (non-hydrogen) atoms. The van der Waals surface area contributed by atoms with Gasteiger partial charge in [0.2, 0.25) is 11.8 Å². The van der Waals surface area contributed by atoms with Crippen LogP contribution in [0.4, 0.5) is 0 Å². The quantitative estimate of drug-likeness (QED) is 0.337. The van der Waals surface area contributed by atoms with E-state index in [1.807, 2.05) is 73.7 Å². The molecule has 3 aromatic rings. The lowest BCUT2D eigenvalue weighted by molar-refractivity contribution is -0.139. The zero-order valence-electron chi connectivity index (χ0n) is 19.7. The minimum Gasteiger partial charge on any atom is -0.355 e. The number of rotatable bonds is 11. The van der Waals surface area contributed by atoms with Gasteiger partial charge < -0.3 is 10.2 Å². The fraction of sp³-hybridized carbons (Fsp3) is 0.286. The molecule has 0 bridgehead atoms. The summed E-state index contributed by atoms with van der Waals surface area (Å²) >= 11 is 5.11. The number of nitrogens with one attached hydrogen (secondary N) is 1. The summed E-state index contributed by atoms with van der Waals surface area (Å²) in [5, 5.41) is 2.94. The zero-order valence-corrected chi connectivity index (χ0v) is 22.1. The number of likely N-dealkylation sites (N-methyl/N-ethyl adjacent to an activating group) is 1. The minimum atomic E-state index is -0.590. The molecule has 2 amide bonds. The van der Waals surface area contributed by atoms with Crippen LogP contribution < -0.4 is 5.32 Å². The van der Waals surface area contributed by atoms with E-state index >= 15 is 0 Å². The summed E-state index contributed by atoms with van der Waals surface area (Å²) in [5.74, 6) is 0.907. The van der Waals surface area contributed by atoms with Crippen LogP contribution in [0.15, 0.2) is 83.3 Å². The van der Waals surface area contributed by atoms with E-state index in [0.717, 1.165) is 21.4 Å². The van der Waals surface area contributed by atoms with Crippen LogP contribution in [0.5, 0.6) is 0 Å². The predicted molar refractivity (Wildman–Crippen MR) is 145 cm³/mol. The largest absolute Gasteiger partial charge is 0.355 e. The monoisotopic (exact) mass is 538 g/mol. The topological polar surface area (TPSA) is 49.4 Å². The van der Waals surface area contributed by atoms with Crippen molar-refractivity contribution in [1.29, 1.82) is 0 Å². The highest BCUT2D eigenvalue weighted by molar-refractivity contribution is 9.10. The third-order valence-electron chi connectivity index (χ3n) is 5.61. The van der Waals surface area contributed by atoms with E-state index in [1.54, 1.807) is 16.7 Å². The van der Waals surface area contributed by atoms with E-state index in [2.05, 4.69) is 40.3 Å². The molecule has 4 nitrogen and oxygen atoms in total. The lowest BCUT2D eigenvalue weighted by atomic mass is 10.0. The van der Waals surface area contributed by atoms with Gasteiger partial charge in [-0.2, -0.15) is 0 Å². The van der Waals surface area contributed by atoms with Crippen LogP contribution in [0.25, 0.3) is 0 Å². The number of benzene rings is 3. The Bertz CT molecular complexity index is 1090. The molecule has 0 aromatic heterocycles. The fourth-order valence-electron chi connectivity index (χ4n) is 3.78. The van der Waals surface area contributed by atoms with Crippen molar-refractivity contribution in [3.8, 4) is 0 Å². The first-order valence-electron chi connectivity index (χ1n) is 11.5. The Labute approximate surface area is 215 Å². The van der Waals surface area contributed by atoms with Gasteiger partial charge in [0.25, 0.3) is 0 Å². The molecular weight excluding hydrogens is 508 g/mol. The van der Waals surface area contributed by atoms with Crippen LogP contribution in [0.3, 0.4) is 0 Å². The first-order chi connectivity index (χ1) is 16.5. The van der Waals surface area contributed by atoms with Crippen LogP contribution in [0, 0.1) is 6.92 Å². The summed E-state index contributed by atoms with van der Waals surface area (Å²) in [7, 11) is 0. The maximum atomic E-state index is 13.6. The zero-order chi connectivity index (χ0) is 24.3. The van der Waals surface area contributed by atoms with E-state index in [1.165, 1.54) is 11.1 Å². The summed E-state index contributed by atoms with van der Waals surface area (Å²) in [6.45, 7) is 4.88. The highest BCUT2D eigenvalue weighted by Gasteiger charge is 2.30. The van der Waals surface area contributed by atoms with E-state index in [-0.39, 0.29) is 11.8 Å². The molecule has 0 aliphatic rings. The molecule has 3 aromatic carbocycles. The van der Waals surface area contributed by atoms with Gasteiger partial charge in [-0.3, -0.25) is 9.59 Å². The van der Waals surface area contributed by atoms with Crippen LogP contribution in [-0.2, 0) is 28.3 Å². The highest BCUT2D eigenvalue weighted by atomic mass is 79.9. The molecule has 1 N–H and O–H groups in total. The van der Waals surface area contributed by atoms with Crippen molar-refractivity contribution in [3.05, 3.63) is 106 Å². The molecular formula is C28H31BrN2O2S. The van der Waals surface area contributed by atoms with Crippen molar-refractivity contribution in [2.24, 2.45) is 0 Å². The highest BCUT2D eigenvalue weighted by Crippen LogP contribution is 2.21. The third kappa shape index (κ3) is 7.74. The van der Waals surface area contributed by atoms with Crippen LogP contribution >= 0.6 is 27.7 Å². The van der Waals surface area contributed by atoms with E-state index in [0.29, 0.717) is 25.3 Å². The average Bonchev–Trinajstić information content (AvgIpc) is 2.83. The number of nitrogens with zero attached hydrogens (tertiary/aromatic N) is 1. The van der Waals surface area contributed by atoms with E-state index in [4.69, 9.17) is 0 Å². The second-order valence-corrected chi connectivity index (χ2v) is 10.1. The Balaban J connectivity index is 1.83. The number of carbonyl (C=O) groups excluding carboxylic acids is 2. The van der Waals surface area contributed by atoms with Gasteiger partial charge in [0, 0.05) is 29.7 Å². The Hall–Kier alpha value is -2.57. The number of aryl methyl sites for hydroxylation is 1. The molecule has 0 spiro atoms. The maximum Gasteiger partial charge on any atom is 0.243 e. The molecule has 0 radical (unpaired) electrons. The fourth-order valence-corrected chi connectivity index (χ4v) is 5.21. The molecule has 0 heterocycles. The summed E-state index contributed by atoms with van der Waals surface area (Å²) in [4.78, 5) is 28.5. The Kier molecular flexibility index (Phi) is 10.2. The number of thioether (sulfide) groups is 1. The number of carbonyl (C=O) groups is 2. The predicted octanol–water partition coefficient (Wildman–Crippen LogP) is 5.77. The summed E-state index contributed by atoms with van der Waals surface area (Å²) in [6.07, 6.45) is 0.467. The first kappa shape index (κ1) is 26.0. The molecule has 3 rings (SSSR count).